The highest BCUT2D eigenvalue weighted by molar-refractivity contribution is 6.02. The third-order valence-corrected chi connectivity index (χ3v) is 3.21. The van der Waals surface area contributed by atoms with Gasteiger partial charge in [0.05, 0.1) is 30.0 Å². The van der Waals surface area contributed by atoms with E-state index in [4.69, 9.17) is 10.8 Å². The summed E-state index contributed by atoms with van der Waals surface area (Å²) in [4.78, 5) is 35.4. The number of nitrogen functional groups attached to an aromatic ring is 1. The molecule has 1 aliphatic rings. The molecule has 1 aliphatic heterocycles. The maximum absolute atomic E-state index is 11.8. The van der Waals surface area contributed by atoms with Crippen LogP contribution in [0.5, 0.6) is 0 Å². The fourth-order valence-electron chi connectivity index (χ4n) is 2.15. The molecule has 20 heavy (non-hydrogen) atoms. The van der Waals surface area contributed by atoms with Crippen molar-refractivity contribution in [1.29, 1.82) is 0 Å². The number of aliphatic carboxylic acids is 1. The molecule has 7 nitrogen and oxygen atoms in total. The van der Waals surface area contributed by atoms with Gasteiger partial charge in [-0.05, 0) is 18.2 Å². The van der Waals surface area contributed by atoms with E-state index in [-0.39, 0.29) is 30.1 Å². The van der Waals surface area contributed by atoms with E-state index in [1.807, 2.05) is 0 Å². The van der Waals surface area contributed by atoms with Gasteiger partial charge in [0.25, 0.3) is 0 Å². The third-order valence-electron chi connectivity index (χ3n) is 3.21. The number of methoxy groups -OCH3 is 1. The van der Waals surface area contributed by atoms with Crippen LogP contribution in [0.15, 0.2) is 18.2 Å². The molecule has 0 saturated carbocycles. The van der Waals surface area contributed by atoms with Gasteiger partial charge in [-0.15, -0.1) is 0 Å². The molecule has 0 radical (unpaired) electrons. The van der Waals surface area contributed by atoms with E-state index in [2.05, 4.69) is 4.74 Å². The van der Waals surface area contributed by atoms with Gasteiger partial charge in [0, 0.05) is 13.0 Å². The quantitative estimate of drug-likeness (QED) is 0.615. The molecule has 3 N–H and O–H groups in total. The SMILES string of the molecule is COC(=O)c1ccc(N2CC(C(=O)O)CC2=O)c(N)c1. The van der Waals surface area contributed by atoms with Crippen molar-refractivity contribution < 1.29 is 24.2 Å². The van der Waals surface area contributed by atoms with Crippen LogP contribution in [-0.2, 0) is 14.3 Å². The minimum Gasteiger partial charge on any atom is -0.481 e. The van der Waals surface area contributed by atoms with E-state index in [1.54, 1.807) is 0 Å². The molecule has 1 amide bonds. The number of amides is 1. The van der Waals surface area contributed by atoms with Crippen molar-refractivity contribution in [2.45, 2.75) is 6.42 Å². The Balaban J connectivity index is 2.28. The van der Waals surface area contributed by atoms with E-state index in [9.17, 15) is 14.4 Å². The second kappa shape index (κ2) is 5.20. The van der Waals surface area contributed by atoms with Crippen molar-refractivity contribution in [2.24, 2.45) is 5.92 Å². The molecule has 1 unspecified atom stereocenters. The first-order valence-electron chi connectivity index (χ1n) is 5.95. The minimum atomic E-state index is -1.01. The predicted molar refractivity (Wildman–Crippen MR) is 70.3 cm³/mol. The number of nitrogens with zero attached hydrogens (tertiary/aromatic N) is 1. The summed E-state index contributed by atoms with van der Waals surface area (Å²) in [6.07, 6.45) is -0.0481. The molecule has 0 aromatic heterocycles. The Morgan fingerprint density at radius 2 is 2.15 bits per heavy atom. The summed E-state index contributed by atoms with van der Waals surface area (Å²) < 4.78 is 4.57. The summed E-state index contributed by atoms with van der Waals surface area (Å²) in [6.45, 7) is 0.0793. The van der Waals surface area contributed by atoms with Gasteiger partial charge in [0.1, 0.15) is 0 Å². The summed E-state index contributed by atoms with van der Waals surface area (Å²) in [7, 11) is 1.26. The molecule has 1 fully saturated rings. The minimum absolute atomic E-state index is 0.0481. The van der Waals surface area contributed by atoms with Crippen LogP contribution in [-0.4, -0.2) is 36.6 Å². The van der Waals surface area contributed by atoms with Crippen LogP contribution in [0, 0.1) is 5.92 Å². The van der Waals surface area contributed by atoms with Crippen molar-refractivity contribution >= 4 is 29.2 Å². The zero-order valence-electron chi connectivity index (χ0n) is 10.8. The van der Waals surface area contributed by atoms with Crippen LogP contribution in [0.2, 0.25) is 0 Å². The maximum Gasteiger partial charge on any atom is 0.337 e. The molecule has 2 rings (SSSR count). The van der Waals surface area contributed by atoms with Crippen LogP contribution < -0.4 is 10.6 Å². The molecule has 1 aromatic carbocycles. The fourth-order valence-corrected chi connectivity index (χ4v) is 2.15. The van der Waals surface area contributed by atoms with Crippen molar-refractivity contribution in [2.75, 3.05) is 24.3 Å². The summed E-state index contributed by atoms with van der Waals surface area (Å²) in [5, 5.41) is 8.94. The van der Waals surface area contributed by atoms with Crippen LogP contribution >= 0.6 is 0 Å². The number of benzene rings is 1. The lowest BCUT2D eigenvalue weighted by atomic mass is 10.1. The molecular formula is C13H14N2O5. The average molecular weight is 278 g/mol. The summed E-state index contributed by atoms with van der Waals surface area (Å²) in [5.41, 5.74) is 6.74. The molecule has 1 heterocycles. The second-order valence-electron chi connectivity index (χ2n) is 4.51. The van der Waals surface area contributed by atoms with Gasteiger partial charge < -0.3 is 20.5 Å². The van der Waals surface area contributed by atoms with Gasteiger partial charge in [-0.1, -0.05) is 0 Å². The zero-order chi connectivity index (χ0) is 14.9. The first kappa shape index (κ1) is 13.9. The molecular weight excluding hydrogens is 264 g/mol. The Bertz CT molecular complexity index is 584. The van der Waals surface area contributed by atoms with E-state index < -0.39 is 17.9 Å². The van der Waals surface area contributed by atoms with Gasteiger partial charge in [-0.2, -0.15) is 0 Å². The summed E-state index contributed by atoms with van der Waals surface area (Å²) in [5.74, 6) is -2.57. The molecule has 106 valence electrons. The molecule has 0 spiro atoms. The largest absolute Gasteiger partial charge is 0.481 e. The van der Waals surface area contributed by atoms with Crippen LogP contribution in [0.25, 0.3) is 0 Å². The number of nitrogens with two attached hydrogens (primary N) is 1. The average Bonchev–Trinajstić information content (AvgIpc) is 2.80. The number of anilines is 2. The lowest BCUT2D eigenvalue weighted by Crippen LogP contribution is -2.26. The first-order valence-corrected chi connectivity index (χ1v) is 5.95. The molecule has 1 atom stereocenters. The molecule has 7 heteroatoms. The second-order valence-corrected chi connectivity index (χ2v) is 4.51. The number of esters is 1. The third kappa shape index (κ3) is 2.42. The summed E-state index contributed by atoms with van der Waals surface area (Å²) in [6, 6.07) is 4.41. The van der Waals surface area contributed by atoms with Crippen LogP contribution in [0.4, 0.5) is 11.4 Å². The maximum atomic E-state index is 11.8. The molecule has 0 bridgehead atoms. The molecule has 1 aromatic rings. The highest BCUT2D eigenvalue weighted by Gasteiger charge is 2.35. The van der Waals surface area contributed by atoms with E-state index >= 15 is 0 Å². The van der Waals surface area contributed by atoms with Gasteiger partial charge in [0.2, 0.25) is 5.91 Å². The number of hydrogen-bond donors (Lipinski definition) is 2. The first-order chi connectivity index (χ1) is 9.43. The van der Waals surface area contributed by atoms with Gasteiger partial charge in [0.15, 0.2) is 0 Å². The van der Waals surface area contributed by atoms with Crippen LogP contribution in [0.3, 0.4) is 0 Å². The smallest absolute Gasteiger partial charge is 0.337 e. The van der Waals surface area contributed by atoms with Gasteiger partial charge in [-0.3, -0.25) is 9.59 Å². The lowest BCUT2D eigenvalue weighted by molar-refractivity contribution is -0.141. The Labute approximate surface area is 114 Å². The Hall–Kier alpha value is -2.57. The standard InChI is InChI=1S/C13H14N2O5/c1-20-13(19)7-2-3-10(9(14)4-7)15-6-8(12(17)18)5-11(15)16/h2-4,8H,5-6,14H2,1H3,(H,17,18). The van der Waals surface area contributed by atoms with Crippen molar-refractivity contribution in [3.63, 3.8) is 0 Å². The van der Waals surface area contributed by atoms with Gasteiger partial charge in [-0.25, -0.2) is 4.79 Å². The van der Waals surface area contributed by atoms with E-state index in [0.29, 0.717) is 5.69 Å². The molecule has 1 saturated heterocycles. The summed E-state index contributed by atoms with van der Waals surface area (Å²) >= 11 is 0. The highest BCUT2D eigenvalue weighted by atomic mass is 16.5. The molecule has 0 aliphatic carbocycles. The number of carbonyl (C=O) groups excluding carboxylic acids is 2. The van der Waals surface area contributed by atoms with Crippen LogP contribution in [0.1, 0.15) is 16.8 Å². The number of carboxylic acids is 1. The number of ether oxygens (including phenoxy) is 1. The number of rotatable bonds is 3. The normalized spacial score (nSPS) is 18.1. The lowest BCUT2D eigenvalue weighted by Gasteiger charge is -2.18. The van der Waals surface area contributed by atoms with Crippen molar-refractivity contribution in [3.05, 3.63) is 23.8 Å². The van der Waals surface area contributed by atoms with Crippen molar-refractivity contribution in [1.82, 2.24) is 0 Å². The van der Waals surface area contributed by atoms with E-state index in [0.717, 1.165) is 0 Å². The van der Waals surface area contributed by atoms with Crippen molar-refractivity contribution in [3.8, 4) is 0 Å². The van der Waals surface area contributed by atoms with E-state index in [1.165, 1.54) is 30.2 Å². The number of carboxylic acid groups (broad SMARTS) is 1. The topological polar surface area (TPSA) is 110 Å². The monoisotopic (exact) mass is 278 g/mol. The Morgan fingerprint density at radius 3 is 2.65 bits per heavy atom. The highest BCUT2D eigenvalue weighted by Crippen LogP contribution is 2.30. The van der Waals surface area contributed by atoms with Gasteiger partial charge >= 0.3 is 11.9 Å². The number of carbonyl (C=O) groups is 3. The Morgan fingerprint density at radius 1 is 1.45 bits per heavy atom. The zero-order valence-corrected chi connectivity index (χ0v) is 10.8. The Kier molecular flexibility index (Phi) is 3.60. The number of hydrogen-bond acceptors (Lipinski definition) is 5. The predicted octanol–water partition coefficient (Wildman–Crippen LogP) is 0.493. The fraction of sp³-hybridized carbons (Fsp3) is 0.308.